The summed E-state index contributed by atoms with van der Waals surface area (Å²) >= 11 is 25.3. The molecule has 1 heterocycles. The lowest BCUT2D eigenvalue weighted by atomic mass is 10.2. The molecule has 0 bridgehead atoms. The number of fused-ring (bicyclic) bond motifs is 1. The predicted octanol–water partition coefficient (Wildman–Crippen LogP) is 6.78. The molecule has 0 aliphatic rings. The molecule has 3 aromatic rings. The van der Waals surface area contributed by atoms with E-state index in [1.165, 1.54) is 0 Å². The van der Waals surface area contributed by atoms with Crippen LogP contribution in [0.5, 0.6) is 0 Å². The lowest BCUT2D eigenvalue weighted by Crippen LogP contribution is -1.93. The highest BCUT2D eigenvalue weighted by molar-refractivity contribution is 9.11. The molecule has 0 atom stereocenters. The quantitative estimate of drug-likeness (QED) is 0.369. The van der Waals surface area contributed by atoms with Gasteiger partial charge in [-0.05, 0) is 46.3 Å². The Labute approximate surface area is 152 Å². The first-order valence-corrected chi connectivity index (χ1v) is 8.45. The number of nitrogens with zero attached hydrogens (tertiary/aromatic N) is 2. The summed E-state index contributed by atoms with van der Waals surface area (Å²) in [6.07, 6.45) is 0. The second-order valence-electron chi connectivity index (χ2n) is 4.25. The molecule has 0 radical (unpaired) electrons. The molecule has 0 fully saturated rings. The number of rotatable bonds is 1. The van der Waals surface area contributed by atoms with Crippen LogP contribution in [-0.2, 0) is 0 Å². The zero-order chi connectivity index (χ0) is 15.1. The van der Waals surface area contributed by atoms with E-state index in [1.807, 2.05) is 12.1 Å². The third kappa shape index (κ3) is 3.06. The lowest BCUT2D eigenvalue weighted by molar-refractivity contribution is 1.22. The number of hydrogen-bond donors (Lipinski definition) is 0. The number of benzene rings is 2. The van der Waals surface area contributed by atoms with Crippen molar-refractivity contribution in [2.24, 2.45) is 0 Å². The van der Waals surface area contributed by atoms with Gasteiger partial charge in [-0.3, -0.25) is 0 Å². The Hall–Kier alpha value is -0.390. The molecule has 2 nitrogen and oxygen atoms in total. The smallest absolute Gasteiger partial charge is 0.163 e. The van der Waals surface area contributed by atoms with Crippen molar-refractivity contribution in [3.05, 3.63) is 54.5 Å². The van der Waals surface area contributed by atoms with Crippen LogP contribution in [0.2, 0.25) is 15.2 Å². The van der Waals surface area contributed by atoms with E-state index >= 15 is 0 Å². The van der Waals surface area contributed by atoms with Crippen LogP contribution in [0.25, 0.3) is 22.3 Å². The van der Waals surface area contributed by atoms with Crippen LogP contribution in [0, 0.1) is 0 Å². The molecule has 7 heteroatoms. The van der Waals surface area contributed by atoms with Gasteiger partial charge in [-0.25, -0.2) is 9.97 Å². The van der Waals surface area contributed by atoms with E-state index in [2.05, 4.69) is 41.8 Å². The molecule has 0 aliphatic heterocycles. The first-order chi connectivity index (χ1) is 9.95. The van der Waals surface area contributed by atoms with Gasteiger partial charge in [0.25, 0.3) is 0 Å². The topological polar surface area (TPSA) is 25.8 Å². The van der Waals surface area contributed by atoms with Gasteiger partial charge in [0.2, 0.25) is 0 Å². The maximum absolute atomic E-state index is 6.28. The summed E-state index contributed by atoms with van der Waals surface area (Å²) in [4.78, 5) is 8.88. The van der Waals surface area contributed by atoms with Crippen LogP contribution in [0.15, 0.2) is 39.3 Å². The van der Waals surface area contributed by atoms with E-state index in [0.717, 1.165) is 19.8 Å². The predicted molar refractivity (Wildman–Crippen MR) is 95.4 cm³/mol. The van der Waals surface area contributed by atoms with Crippen molar-refractivity contribution in [3.63, 3.8) is 0 Å². The van der Waals surface area contributed by atoms with Crippen molar-refractivity contribution in [1.82, 2.24) is 9.97 Å². The van der Waals surface area contributed by atoms with E-state index in [1.54, 1.807) is 18.2 Å². The summed E-state index contributed by atoms with van der Waals surface area (Å²) in [5, 5.41) is 2.15. The summed E-state index contributed by atoms with van der Waals surface area (Å²) in [7, 11) is 0. The van der Waals surface area contributed by atoms with Gasteiger partial charge in [0.05, 0.1) is 10.5 Å². The molecule has 106 valence electrons. The minimum atomic E-state index is 0.364. The highest BCUT2D eigenvalue weighted by atomic mass is 79.9. The van der Waals surface area contributed by atoms with Crippen LogP contribution in [0.4, 0.5) is 0 Å². The molecule has 0 unspecified atom stereocenters. The molecular formula is C14H5Br2Cl3N2. The largest absolute Gasteiger partial charge is 0.227 e. The molecule has 2 aromatic carbocycles. The van der Waals surface area contributed by atoms with Gasteiger partial charge in [-0.1, -0.05) is 50.7 Å². The average Bonchev–Trinajstić information content (AvgIpc) is 2.40. The first-order valence-electron chi connectivity index (χ1n) is 5.73. The molecule has 0 amide bonds. The van der Waals surface area contributed by atoms with Crippen molar-refractivity contribution < 1.29 is 0 Å². The summed E-state index contributed by atoms with van der Waals surface area (Å²) in [5.74, 6) is 0.456. The third-order valence-corrected chi connectivity index (χ3v) is 4.74. The van der Waals surface area contributed by atoms with Gasteiger partial charge in [0, 0.05) is 24.9 Å². The van der Waals surface area contributed by atoms with E-state index in [9.17, 15) is 0 Å². The fraction of sp³-hybridized carbons (Fsp3) is 0. The van der Waals surface area contributed by atoms with E-state index in [-0.39, 0.29) is 0 Å². The van der Waals surface area contributed by atoms with Crippen molar-refractivity contribution >= 4 is 77.6 Å². The Kier molecular flexibility index (Phi) is 4.44. The van der Waals surface area contributed by atoms with E-state index < -0.39 is 0 Å². The van der Waals surface area contributed by atoms with E-state index in [0.29, 0.717) is 26.6 Å². The molecule has 0 spiro atoms. The first kappa shape index (κ1) is 15.5. The molecular weight excluding hydrogens is 462 g/mol. The highest BCUT2D eigenvalue weighted by Gasteiger charge is 2.13. The Bertz CT molecular complexity index is 868. The summed E-state index contributed by atoms with van der Waals surface area (Å²) < 4.78 is 1.71. The normalized spacial score (nSPS) is 11.1. The molecule has 0 N–H and O–H groups in total. The van der Waals surface area contributed by atoms with E-state index in [4.69, 9.17) is 34.8 Å². The second kappa shape index (κ2) is 6.01. The minimum absolute atomic E-state index is 0.364. The maximum Gasteiger partial charge on any atom is 0.163 e. The summed E-state index contributed by atoms with van der Waals surface area (Å²) in [5.41, 5.74) is 1.40. The molecule has 0 saturated carbocycles. The third-order valence-electron chi connectivity index (χ3n) is 2.84. The molecule has 3 rings (SSSR count). The minimum Gasteiger partial charge on any atom is -0.227 e. The maximum atomic E-state index is 6.28. The Balaban J connectivity index is 2.30. The van der Waals surface area contributed by atoms with Crippen molar-refractivity contribution in [3.8, 4) is 11.4 Å². The van der Waals surface area contributed by atoms with Gasteiger partial charge in [-0.15, -0.1) is 0 Å². The summed E-state index contributed by atoms with van der Waals surface area (Å²) in [6, 6.07) is 8.93. The number of hydrogen-bond acceptors (Lipinski definition) is 2. The Morgan fingerprint density at radius 3 is 2.38 bits per heavy atom. The van der Waals surface area contributed by atoms with Crippen molar-refractivity contribution in [1.29, 1.82) is 0 Å². The van der Waals surface area contributed by atoms with Gasteiger partial charge in [-0.2, -0.15) is 0 Å². The van der Waals surface area contributed by atoms with Crippen LogP contribution in [0.3, 0.4) is 0 Å². The highest BCUT2D eigenvalue weighted by Crippen LogP contribution is 2.34. The number of aromatic nitrogens is 2. The summed E-state index contributed by atoms with van der Waals surface area (Å²) in [6.45, 7) is 0. The fourth-order valence-corrected chi connectivity index (χ4v) is 3.94. The van der Waals surface area contributed by atoms with Gasteiger partial charge >= 0.3 is 0 Å². The molecule has 1 aromatic heterocycles. The average molecular weight is 467 g/mol. The standard InChI is InChI=1S/C14H5Br2Cl3N2/c15-6-3-9-12(10(16)4-6)20-14(21-13(9)19)8-2-1-7(17)5-11(8)18/h1-5H. The monoisotopic (exact) mass is 464 g/mol. The zero-order valence-electron chi connectivity index (χ0n) is 10.2. The molecule has 0 saturated heterocycles. The zero-order valence-corrected chi connectivity index (χ0v) is 15.6. The van der Waals surface area contributed by atoms with Gasteiger partial charge in [0.1, 0.15) is 5.15 Å². The molecule has 0 aliphatic carbocycles. The van der Waals surface area contributed by atoms with Crippen molar-refractivity contribution in [2.45, 2.75) is 0 Å². The Morgan fingerprint density at radius 1 is 0.905 bits per heavy atom. The SMILES string of the molecule is Clc1ccc(-c2nc(Cl)c3cc(Br)cc(Br)c3n2)c(Cl)c1. The van der Waals surface area contributed by atoms with Gasteiger partial charge < -0.3 is 0 Å². The number of halogens is 5. The van der Waals surface area contributed by atoms with Crippen LogP contribution in [-0.4, -0.2) is 9.97 Å². The van der Waals surface area contributed by atoms with Crippen LogP contribution < -0.4 is 0 Å². The van der Waals surface area contributed by atoms with Crippen molar-refractivity contribution in [2.75, 3.05) is 0 Å². The van der Waals surface area contributed by atoms with Crippen LogP contribution >= 0.6 is 66.7 Å². The lowest BCUT2D eigenvalue weighted by Gasteiger charge is -2.08. The van der Waals surface area contributed by atoms with Gasteiger partial charge in [0.15, 0.2) is 5.82 Å². The fourth-order valence-electron chi connectivity index (χ4n) is 1.91. The second-order valence-corrected chi connectivity index (χ2v) is 7.22. The Morgan fingerprint density at radius 2 is 1.67 bits per heavy atom. The molecule has 21 heavy (non-hydrogen) atoms. The van der Waals surface area contributed by atoms with Crippen LogP contribution in [0.1, 0.15) is 0 Å².